The summed E-state index contributed by atoms with van der Waals surface area (Å²) in [5.74, 6) is 0. The molecule has 2 atom stereocenters. The van der Waals surface area contributed by atoms with Crippen LogP contribution < -0.4 is 0 Å². The molecule has 0 aromatic rings. The smallest absolute Gasteiger partial charge is 0.0597 e. The van der Waals surface area contributed by atoms with E-state index in [4.69, 9.17) is 4.74 Å². The number of hydrogen-bond acceptors (Lipinski definition) is 3. The molecule has 2 heterocycles. The molecule has 3 nitrogen and oxygen atoms in total. The van der Waals surface area contributed by atoms with Gasteiger partial charge in [0, 0.05) is 31.7 Å². The number of ether oxygens (including phenoxy) is 1. The van der Waals surface area contributed by atoms with Gasteiger partial charge in [-0.15, -0.1) is 0 Å². The number of hydrogen-bond donors (Lipinski definition) is 0. The third-order valence-electron chi connectivity index (χ3n) is 4.45. The Labute approximate surface area is 119 Å². The summed E-state index contributed by atoms with van der Waals surface area (Å²) in [5, 5.41) is 0. The topological polar surface area (TPSA) is 15.7 Å². The van der Waals surface area contributed by atoms with Crippen LogP contribution in [0.15, 0.2) is 0 Å². The van der Waals surface area contributed by atoms with Crippen LogP contribution in [0.3, 0.4) is 0 Å². The fourth-order valence-electron chi connectivity index (χ4n) is 3.26. The normalized spacial score (nSPS) is 28.7. The lowest BCUT2D eigenvalue weighted by molar-refractivity contribution is 0.0417. The molecular formula is C16H32N2O. The lowest BCUT2D eigenvalue weighted by Gasteiger charge is -2.35. The average Bonchev–Trinajstić information content (AvgIpc) is 2.84. The van der Waals surface area contributed by atoms with E-state index in [-0.39, 0.29) is 0 Å². The minimum atomic E-state index is 0.364. The molecule has 0 aromatic heterocycles. The van der Waals surface area contributed by atoms with Crippen molar-refractivity contribution < 1.29 is 4.74 Å². The molecule has 0 aromatic carbocycles. The molecule has 0 N–H and O–H groups in total. The van der Waals surface area contributed by atoms with Gasteiger partial charge in [-0.2, -0.15) is 0 Å². The van der Waals surface area contributed by atoms with Crippen LogP contribution >= 0.6 is 0 Å². The highest BCUT2D eigenvalue weighted by Gasteiger charge is 2.42. The van der Waals surface area contributed by atoms with Gasteiger partial charge < -0.3 is 4.74 Å². The zero-order chi connectivity index (χ0) is 14.0. The summed E-state index contributed by atoms with van der Waals surface area (Å²) in [5.41, 5.74) is 0.465. The molecule has 2 aliphatic heterocycles. The number of rotatable bonds is 6. The molecule has 0 saturated carbocycles. The predicted octanol–water partition coefficient (Wildman–Crippen LogP) is 2.61. The molecule has 2 fully saturated rings. The Kier molecular flexibility index (Phi) is 4.91. The van der Waals surface area contributed by atoms with Crippen molar-refractivity contribution in [3.05, 3.63) is 0 Å². The van der Waals surface area contributed by atoms with Crippen molar-refractivity contribution in [3.8, 4) is 0 Å². The molecule has 0 unspecified atom stereocenters. The third kappa shape index (κ3) is 4.44. The predicted molar refractivity (Wildman–Crippen MR) is 80.5 cm³/mol. The maximum Gasteiger partial charge on any atom is 0.0597 e. The van der Waals surface area contributed by atoms with Gasteiger partial charge in [-0.3, -0.25) is 9.80 Å². The second-order valence-corrected chi connectivity index (χ2v) is 7.76. The quantitative estimate of drug-likeness (QED) is 0.736. The Bertz CT molecular complexity index is 285. The zero-order valence-corrected chi connectivity index (χ0v) is 13.5. The van der Waals surface area contributed by atoms with Gasteiger partial charge in [0.1, 0.15) is 0 Å². The Hall–Kier alpha value is -0.120. The second kappa shape index (κ2) is 6.11. The minimum absolute atomic E-state index is 0.364. The van der Waals surface area contributed by atoms with Crippen molar-refractivity contribution in [3.63, 3.8) is 0 Å². The number of nitrogens with zero attached hydrogens (tertiary/aromatic N) is 2. The van der Waals surface area contributed by atoms with Gasteiger partial charge in [-0.25, -0.2) is 0 Å². The number of piperazine rings is 1. The Balaban J connectivity index is 1.69. The zero-order valence-electron chi connectivity index (χ0n) is 13.5. The molecule has 0 aliphatic carbocycles. The SMILES string of the molecule is CC(C)OCCN1C[C@@H]2C[C@H]1CN2CCC(C)(C)C. The van der Waals surface area contributed by atoms with E-state index in [0.717, 1.165) is 25.2 Å². The summed E-state index contributed by atoms with van der Waals surface area (Å²) < 4.78 is 5.68. The van der Waals surface area contributed by atoms with E-state index < -0.39 is 0 Å². The first-order chi connectivity index (χ1) is 8.85. The van der Waals surface area contributed by atoms with E-state index in [9.17, 15) is 0 Å². The standard InChI is InChI=1S/C16H32N2O/c1-13(2)19-9-8-18-12-14-10-15(18)11-17(14)7-6-16(3,4)5/h13-15H,6-12H2,1-5H3/t14-,15-/m0/s1. The van der Waals surface area contributed by atoms with E-state index in [1.807, 2.05) is 0 Å². The highest BCUT2D eigenvalue weighted by molar-refractivity contribution is 4.99. The van der Waals surface area contributed by atoms with Crippen LogP contribution in [0, 0.1) is 5.41 Å². The van der Waals surface area contributed by atoms with Crippen molar-refractivity contribution >= 4 is 0 Å². The fraction of sp³-hybridized carbons (Fsp3) is 1.00. The van der Waals surface area contributed by atoms with Crippen LogP contribution in [0.1, 0.15) is 47.5 Å². The molecule has 112 valence electrons. The second-order valence-electron chi connectivity index (χ2n) is 7.76. The fourth-order valence-corrected chi connectivity index (χ4v) is 3.26. The summed E-state index contributed by atoms with van der Waals surface area (Å²) in [6, 6.07) is 1.60. The summed E-state index contributed by atoms with van der Waals surface area (Å²) in [6.45, 7) is 17.1. The van der Waals surface area contributed by atoms with Gasteiger partial charge in [0.25, 0.3) is 0 Å². The number of likely N-dealkylation sites (tertiary alicyclic amines) is 2. The van der Waals surface area contributed by atoms with E-state index in [2.05, 4.69) is 44.4 Å². The van der Waals surface area contributed by atoms with E-state index >= 15 is 0 Å². The van der Waals surface area contributed by atoms with Crippen LogP contribution in [0.25, 0.3) is 0 Å². The molecule has 19 heavy (non-hydrogen) atoms. The average molecular weight is 268 g/mol. The first-order valence-electron chi connectivity index (χ1n) is 7.95. The lowest BCUT2D eigenvalue weighted by atomic mass is 9.92. The molecule has 2 saturated heterocycles. The van der Waals surface area contributed by atoms with Crippen LogP contribution in [0.4, 0.5) is 0 Å². The summed E-state index contributed by atoms with van der Waals surface area (Å²) in [6.07, 6.45) is 3.06. The van der Waals surface area contributed by atoms with E-state index in [1.54, 1.807) is 0 Å². The lowest BCUT2D eigenvalue weighted by Crippen LogP contribution is -2.47. The van der Waals surface area contributed by atoms with Crippen molar-refractivity contribution in [2.24, 2.45) is 5.41 Å². The molecule has 0 radical (unpaired) electrons. The van der Waals surface area contributed by atoms with Crippen molar-refractivity contribution in [1.82, 2.24) is 9.80 Å². The Morgan fingerprint density at radius 3 is 2.11 bits per heavy atom. The highest BCUT2D eigenvalue weighted by atomic mass is 16.5. The van der Waals surface area contributed by atoms with E-state index in [0.29, 0.717) is 11.5 Å². The van der Waals surface area contributed by atoms with Crippen LogP contribution in [-0.2, 0) is 4.74 Å². The minimum Gasteiger partial charge on any atom is -0.377 e. The summed E-state index contributed by atoms with van der Waals surface area (Å²) in [4.78, 5) is 5.36. The van der Waals surface area contributed by atoms with Gasteiger partial charge in [0.05, 0.1) is 12.7 Å². The molecule has 2 rings (SSSR count). The first-order valence-corrected chi connectivity index (χ1v) is 7.95. The molecule has 3 heteroatoms. The van der Waals surface area contributed by atoms with Crippen molar-refractivity contribution in [2.75, 3.05) is 32.8 Å². The van der Waals surface area contributed by atoms with Gasteiger partial charge in [0.2, 0.25) is 0 Å². The summed E-state index contributed by atoms with van der Waals surface area (Å²) in [7, 11) is 0. The van der Waals surface area contributed by atoms with Gasteiger partial charge in [0.15, 0.2) is 0 Å². The van der Waals surface area contributed by atoms with E-state index in [1.165, 1.54) is 32.5 Å². The molecule has 0 spiro atoms. The number of fused-ring (bicyclic) bond motifs is 2. The van der Waals surface area contributed by atoms with Crippen molar-refractivity contribution in [1.29, 1.82) is 0 Å². The maximum atomic E-state index is 5.68. The van der Waals surface area contributed by atoms with Gasteiger partial charge in [-0.05, 0) is 38.6 Å². The van der Waals surface area contributed by atoms with Crippen LogP contribution in [-0.4, -0.2) is 60.8 Å². The molecule has 0 amide bonds. The van der Waals surface area contributed by atoms with Gasteiger partial charge >= 0.3 is 0 Å². The highest BCUT2D eigenvalue weighted by Crippen LogP contribution is 2.31. The van der Waals surface area contributed by atoms with Crippen molar-refractivity contribution in [2.45, 2.75) is 65.6 Å². The first kappa shape index (κ1) is 15.3. The maximum absolute atomic E-state index is 5.68. The molecular weight excluding hydrogens is 236 g/mol. The largest absolute Gasteiger partial charge is 0.377 e. The summed E-state index contributed by atoms with van der Waals surface area (Å²) >= 11 is 0. The van der Waals surface area contributed by atoms with Crippen LogP contribution in [0.2, 0.25) is 0 Å². The van der Waals surface area contributed by atoms with Gasteiger partial charge in [-0.1, -0.05) is 20.8 Å². The Morgan fingerprint density at radius 1 is 1.05 bits per heavy atom. The Morgan fingerprint density at radius 2 is 1.63 bits per heavy atom. The molecule has 2 aliphatic rings. The third-order valence-corrected chi connectivity index (χ3v) is 4.45. The van der Waals surface area contributed by atoms with Crippen LogP contribution in [0.5, 0.6) is 0 Å². The monoisotopic (exact) mass is 268 g/mol. The molecule has 2 bridgehead atoms.